The van der Waals surface area contributed by atoms with E-state index in [9.17, 15) is 0 Å². The van der Waals surface area contributed by atoms with Gasteiger partial charge in [-0.2, -0.15) is 0 Å². The van der Waals surface area contributed by atoms with E-state index in [2.05, 4.69) is 27.7 Å². The summed E-state index contributed by atoms with van der Waals surface area (Å²) in [5.74, 6) is 7.06. The van der Waals surface area contributed by atoms with Crippen molar-refractivity contribution in [1.82, 2.24) is 0 Å². The van der Waals surface area contributed by atoms with E-state index in [0.29, 0.717) is 51.7 Å². The summed E-state index contributed by atoms with van der Waals surface area (Å²) < 4.78 is 29.2. The van der Waals surface area contributed by atoms with Gasteiger partial charge in [0.15, 0.2) is 23.0 Å². The molecule has 23 nitrogen and oxygen atoms in total. The molecule has 21 N–H and O–H groups in total. The van der Waals surface area contributed by atoms with Gasteiger partial charge < -0.3 is 118 Å². The molecule has 0 heterocycles. The molecule has 15 aromatic rings. The van der Waals surface area contributed by atoms with Crippen molar-refractivity contribution in [3.05, 3.63) is 404 Å². The van der Waals surface area contributed by atoms with Gasteiger partial charge in [0.1, 0.15) is 86.2 Å². The van der Waals surface area contributed by atoms with Crippen molar-refractivity contribution in [3.8, 4) is 109 Å². The Balaban J connectivity index is 0.000000726. The van der Waals surface area contributed by atoms with Crippen LogP contribution in [-0.2, 0) is 11.8 Å². The molecule has 0 aliphatic rings. The zero-order valence-corrected chi connectivity index (χ0v) is 79.5. The van der Waals surface area contributed by atoms with E-state index in [1.807, 2.05) is 172 Å². The average molecular weight is 1840 g/mol. The number of aryl methyl sites for hydroxylation is 4. The van der Waals surface area contributed by atoms with Crippen LogP contribution in [0.25, 0.3) is 0 Å². The molecule has 0 saturated heterocycles. The summed E-state index contributed by atoms with van der Waals surface area (Å²) in [6, 6.07) is 109. The van der Waals surface area contributed by atoms with Crippen molar-refractivity contribution in [2.75, 3.05) is 65.6 Å². The number of nitrogens with two attached hydrogens (primary N) is 4. The van der Waals surface area contributed by atoms with E-state index in [-0.39, 0.29) is 45.7 Å². The number of ether oxygens (including phenoxy) is 6. The number of unbranched alkanes of at least 4 members (excludes halogenated alkanes) is 6. The average Bonchev–Trinajstić information content (AvgIpc) is 0.858. The molecule has 720 valence electrons. The molecule has 0 atom stereocenters. The molecular formula is C112H138N4O19. The van der Waals surface area contributed by atoms with Gasteiger partial charge >= 0.3 is 0 Å². The maximum absolute atomic E-state index is 9.15. The molecule has 15 rings (SSSR count). The summed E-state index contributed by atoms with van der Waals surface area (Å²) in [5, 5.41) is 115. The molecular weight excluding hydrogens is 1710 g/mol. The number of benzene rings is 15. The first kappa shape index (κ1) is 117. The van der Waals surface area contributed by atoms with Crippen molar-refractivity contribution in [2.24, 2.45) is 0 Å². The van der Waals surface area contributed by atoms with Gasteiger partial charge in [-0.15, -0.1) is 0 Å². The lowest BCUT2D eigenvalue weighted by Gasteiger charge is -2.18. The minimum absolute atomic E-state index is 0.0764. The summed E-state index contributed by atoms with van der Waals surface area (Å²) in [6.45, 7) is 14.5. The zero-order valence-electron chi connectivity index (χ0n) is 79.5. The molecule has 23 heteroatoms. The number of para-hydroxylation sites is 9. The standard InChI is InChI=1S/C15H24O.C10H14O.3C7H9NO.3C7H8O2.3C7H8O.C6H7N.2C6H6O2.C6H6O/c1-2-3-4-5-6-7-8-9-14-10-12-15(16)13-11-14;1-10(2,3)8-4-6-9(11)7-5-8;1-9-7-4-2-6(8)3-5-7;1-9-7-4-2-3-6(8)5-7;1-9-7-5-3-2-4-6(7)8;1-9-7-4-2-6(8)3-5-7;1-9-7-4-2-3-6(8)5-7;1-9-7-5-3-2-4-6(7)8;1-6-2-4-7(8)5-3-6;1-6-3-2-4-7(8)5-6;1-6-4-2-3-5-7(6)8;7-6-4-2-1-3-5-6;7-5-2-1-3-6(8)4-5;7-5-3-1-2-4-6(5)8;7-6-4-2-1-3-5-6/h10-13,16H,2-9H2,1H3;4-7,11H,1-3H3;3*2-5H,8H2,1H3;3*2-5,8H,1H3;3*2-5,8H,1H3;1-5H,7H2;2*1-4,7-8H;1-5,7H. The highest BCUT2D eigenvalue weighted by Gasteiger charge is 2.12. The maximum Gasteiger partial charge on any atom is 0.160 e. The molecule has 0 bridgehead atoms. The molecule has 15 aromatic carbocycles. The second-order valence-corrected chi connectivity index (χ2v) is 29.9. The zero-order chi connectivity index (χ0) is 100. The molecule has 0 aliphatic heterocycles. The van der Waals surface area contributed by atoms with E-state index >= 15 is 0 Å². The summed E-state index contributed by atoms with van der Waals surface area (Å²) in [6.07, 6.45) is 10.6. The highest BCUT2D eigenvalue weighted by molar-refractivity contribution is 5.52. The van der Waals surface area contributed by atoms with E-state index in [1.165, 1.54) is 99.1 Å². The van der Waals surface area contributed by atoms with Crippen LogP contribution in [0.4, 0.5) is 22.7 Å². The lowest BCUT2D eigenvalue weighted by molar-refractivity contribution is 0.373. The fourth-order valence-electron chi connectivity index (χ4n) is 10.2. The van der Waals surface area contributed by atoms with Crippen LogP contribution in [-0.4, -0.2) is 109 Å². The predicted molar refractivity (Wildman–Crippen MR) is 550 cm³/mol. The summed E-state index contributed by atoms with van der Waals surface area (Å²) in [5.41, 5.74) is 30.7. The summed E-state index contributed by atoms with van der Waals surface area (Å²) >= 11 is 0. The predicted octanol–water partition coefficient (Wildman–Crippen LogP) is 25.4. The maximum atomic E-state index is 9.15. The first-order chi connectivity index (χ1) is 64.6. The van der Waals surface area contributed by atoms with Gasteiger partial charge in [-0.25, -0.2) is 0 Å². The first-order valence-electron chi connectivity index (χ1n) is 43.1. The third-order valence-electron chi connectivity index (χ3n) is 17.7. The number of phenolic OH excluding ortho intramolecular Hbond substituents is 13. The van der Waals surface area contributed by atoms with Crippen LogP contribution in [0.2, 0.25) is 0 Å². The fraction of sp³-hybridized carbons (Fsp3) is 0.196. The van der Waals surface area contributed by atoms with Crippen molar-refractivity contribution in [3.63, 3.8) is 0 Å². The van der Waals surface area contributed by atoms with E-state index < -0.39 is 0 Å². The molecule has 0 saturated carbocycles. The number of anilines is 4. The monoisotopic (exact) mass is 1840 g/mol. The molecule has 0 radical (unpaired) electrons. The third kappa shape index (κ3) is 61.0. The molecule has 135 heavy (non-hydrogen) atoms. The van der Waals surface area contributed by atoms with Crippen LogP contribution in [0, 0.1) is 20.8 Å². The van der Waals surface area contributed by atoms with Gasteiger partial charge in [0.25, 0.3) is 0 Å². The Kier molecular flexibility index (Phi) is 61.8. The Morgan fingerprint density at radius 2 is 0.578 bits per heavy atom. The van der Waals surface area contributed by atoms with Crippen LogP contribution in [0.3, 0.4) is 0 Å². The van der Waals surface area contributed by atoms with Gasteiger partial charge in [0.2, 0.25) is 0 Å². The lowest BCUT2D eigenvalue weighted by Crippen LogP contribution is -2.10. The lowest BCUT2D eigenvalue weighted by atomic mass is 9.87. The third-order valence-corrected chi connectivity index (χ3v) is 17.7. The van der Waals surface area contributed by atoms with Crippen LogP contribution < -0.4 is 51.4 Å². The minimum Gasteiger partial charge on any atom is -0.508 e. The van der Waals surface area contributed by atoms with Crippen LogP contribution in [0.1, 0.15) is 100 Å². The minimum atomic E-state index is -0.0764. The number of phenols is 13. The van der Waals surface area contributed by atoms with E-state index in [0.717, 1.165) is 57.6 Å². The largest absolute Gasteiger partial charge is 0.508 e. The van der Waals surface area contributed by atoms with Crippen LogP contribution in [0.15, 0.2) is 376 Å². The fourth-order valence-corrected chi connectivity index (χ4v) is 10.2. The van der Waals surface area contributed by atoms with Gasteiger partial charge in [0, 0.05) is 35.3 Å². The van der Waals surface area contributed by atoms with Crippen LogP contribution in [0.5, 0.6) is 109 Å². The highest BCUT2D eigenvalue weighted by Crippen LogP contribution is 2.27. The quantitative estimate of drug-likeness (QED) is 0.0273. The Hall–Kier alpha value is -16.3. The second-order valence-electron chi connectivity index (χ2n) is 29.9. The number of rotatable bonds is 14. The molecule has 0 amide bonds. The molecule has 0 spiro atoms. The van der Waals surface area contributed by atoms with Gasteiger partial charge in [0.05, 0.1) is 48.3 Å². The van der Waals surface area contributed by atoms with Crippen molar-refractivity contribution < 1.29 is 94.8 Å². The van der Waals surface area contributed by atoms with Gasteiger partial charge in [-0.3, -0.25) is 0 Å². The van der Waals surface area contributed by atoms with Crippen molar-refractivity contribution in [2.45, 2.75) is 105 Å². The summed E-state index contributed by atoms with van der Waals surface area (Å²) in [7, 11) is 9.53. The molecule has 0 aromatic heterocycles. The SMILES string of the molecule is CC(C)(C)c1ccc(O)cc1.CCCCCCCCCc1ccc(O)cc1.COc1ccc(N)cc1.COc1ccc(O)cc1.COc1cccc(N)c1.COc1cccc(O)c1.COc1ccccc1N.COc1ccccc1O.Cc1ccc(O)cc1.Cc1cccc(O)c1.Cc1ccccc1O.Nc1ccccc1.Oc1cccc(O)c1.Oc1ccccc1.Oc1ccccc1O. The van der Waals surface area contributed by atoms with Crippen LogP contribution >= 0.6 is 0 Å². The number of hydrogen-bond acceptors (Lipinski definition) is 23. The smallest absolute Gasteiger partial charge is 0.160 e. The topological polar surface area (TPSA) is 422 Å². The Morgan fingerprint density at radius 3 is 0.904 bits per heavy atom. The number of nitrogen functional groups attached to an aromatic ring is 4. The Bertz CT molecular complexity index is 5110. The Labute approximate surface area is 797 Å². The molecule has 0 unspecified atom stereocenters. The van der Waals surface area contributed by atoms with Crippen molar-refractivity contribution in [1.29, 1.82) is 0 Å². The Morgan fingerprint density at radius 1 is 0.237 bits per heavy atom. The molecule has 0 aliphatic carbocycles. The molecule has 0 fully saturated rings. The second kappa shape index (κ2) is 71.5. The number of methoxy groups -OCH3 is 6. The summed E-state index contributed by atoms with van der Waals surface area (Å²) in [4.78, 5) is 0. The van der Waals surface area contributed by atoms with Gasteiger partial charge in [-0.1, -0.05) is 230 Å². The van der Waals surface area contributed by atoms with Crippen molar-refractivity contribution >= 4 is 22.7 Å². The normalized spacial score (nSPS) is 9.37. The first-order valence-corrected chi connectivity index (χ1v) is 43.1. The highest BCUT2D eigenvalue weighted by atomic mass is 16.5. The van der Waals surface area contributed by atoms with E-state index in [1.54, 1.807) is 230 Å². The van der Waals surface area contributed by atoms with Gasteiger partial charge in [-0.05, 0) is 261 Å². The van der Waals surface area contributed by atoms with E-state index in [4.69, 9.17) is 118 Å². The number of hydrogen-bond donors (Lipinski definition) is 17. The number of aromatic hydroxyl groups is 13.